The van der Waals surface area contributed by atoms with Gasteiger partial charge in [0.15, 0.2) is 0 Å². The van der Waals surface area contributed by atoms with Gasteiger partial charge in [-0.05, 0) is 63.1 Å². The number of hydrogen-bond donors (Lipinski definition) is 1. The second-order valence-corrected chi connectivity index (χ2v) is 6.82. The van der Waals surface area contributed by atoms with Gasteiger partial charge in [-0.2, -0.15) is 0 Å². The van der Waals surface area contributed by atoms with Gasteiger partial charge in [-0.3, -0.25) is 9.59 Å². The molecular weight excluding hydrogens is 276 g/mol. The van der Waals surface area contributed by atoms with E-state index in [-0.39, 0.29) is 23.5 Å². The van der Waals surface area contributed by atoms with Crippen molar-refractivity contribution < 1.29 is 14.7 Å². The highest BCUT2D eigenvalue weighted by Crippen LogP contribution is 2.35. The van der Waals surface area contributed by atoms with Crippen molar-refractivity contribution in [3.63, 3.8) is 0 Å². The van der Waals surface area contributed by atoms with Crippen molar-refractivity contribution in [1.29, 1.82) is 0 Å². The Kier molecular flexibility index (Phi) is 5.05. The fourth-order valence-electron chi connectivity index (χ4n) is 3.99. The second kappa shape index (κ2) is 6.64. The standard InChI is InChI=1S/C19H26O3/c1-11-9-12(2)17(13(3)10-11)14(4)18(20)15-5-7-16(8-6-15)19(21)22/h9-10,14-16H,5-8H2,1-4H3,(H,21,22). The van der Waals surface area contributed by atoms with E-state index in [2.05, 4.69) is 32.9 Å². The van der Waals surface area contributed by atoms with Gasteiger partial charge in [-0.25, -0.2) is 0 Å². The molecular formula is C19H26O3. The van der Waals surface area contributed by atoms with Gasteiger partial charge in [0.2, 0.25) is 0 Å². The molecule has 0 aromatic heterocycles. The summed E-state index contributed by atoms with van der Waals surface area (Å²) in [5.41, 5.74) is 4.73. The summed E-state index contributed by atoms with van der Waals surface area (Å²) in [6, 6.07) is 4.26. The number of hydrogen-bond acceptors (Lipinski definition) is 2. The van der Waals surface area contributed by atoms with E-state index < -0.39 is 5.97 Å². The van der Waals surface area contributed by atoms with Gasteiger partial charge >= 0.3 is 5.97 Å². The molecule has 0 amide bonds. The zero-order chi connectivity index (χ0) is 16.4. The van der Waals surface area contributed by atoms with Crippen molar-refractivity contribution in [3.8, 4) is 0 Å². The molecule has 1 aromatic carbocycles. The van der Waals surface area contributed by atoms with Crippen LogP contribution in [0.5, 0.6) is 0 Å². The lowest BCUT2D eigenvalue weighted by atomic mass is 9.75. The van der Waals surface area contributed by atoms with Crippen LogP contribution >= 0.6 is 0 Å². The summed E-state index contributed by atoms with van der Waals surface area (Å²) in [6.45, 7) is 8.21. The molecule has 22 heavy (non-hydrogen) atoms. The second-order valence-electron chi connectivity index (χ2n) is 6.82. The SMILES string of the molecule is Cc1cc(C)c(C(C)C(=O)C2CCC(C(=O)O)CC2)c(C)c1. The average Bonchev–Trinajstić information content (AvgIpc) is 2.45. The molecule has 0 aliphatic heterocycles. The molecule has 1 aromatic rings. The predicted molar refractivity (Wildman–Crippen MR) is 87.2 cm³/mol. The van der Waals surface area contributed by atoms with E-state index in [1.165, 1.54) is 16.7 Å². The first-order valence-electron chi connectivity index (χ1n) is 8.15. The third-order valence-corrected chi connectivity index (χ3v) is 5.08. The van der Waals surface area contributed by atoms with Gasteiger partial charge in [0.25, 0.3) is 0 Å². The molecule has 1 unspecified atom stereocenters. The molecule has 1 aliphatic rings. The van der Waals surface area contributed by atoms with Crippen molar-refractivity contribution in [2.75, 3.05) is 0 Å². The molecule has 1 atom stereocenters. The van der Waals surface area contributed by atoms with Crippen LogP contribution in [-0.4, -0.2) is 16.9 Å². The van der Waals surface area contributed by atoms with E-state index in [0.29, 0.717) is 25.7 Å². The third-order valence-electron chi connectivity index (χ3n) is 5.08. The van der Waals surface area contributed by atoms with Gasteiger partial charge in [0.05, 0.1) is 5.92 Å². The van der Waals surface area contributed by atoms with Gasteiger partial charge in [-0.1, -0.05) is 24.6 Å². The molecule has 0 heterocycles. The van der Waals surface area contributed by atoms with Crippen molar-refractivity contribution in [1.82, 2.24) is 0 Å². The Balaban J connectivity index is 2.12. The molecule has 3 heteroatoms. The highest BCUT2D eigenvalue weighted by molar-refractivity contribution is 5.88. The Morgan fingerprint density at radius 1 is 1.00 bits per heavy atom. The number of aryl methyl sites for hydroxylation is 3. The number of benzene rings is 1. The summed E-state index contributed by atoms with van der Waals surface area (Å²) in [5, 5.41) is 9.06. The molecule has 1 aliphatic carbocycles. The minimum absolute atomic E-state index is 0.0192. The first kappa shape index (κ1) is 16.7. The molecule has 120 valence electrons. The zero-order valence-corrected chi connectivity index (χ0v) is 14.0. The number of carbonyl (C=O) groups excluding carboxylic acids is 1. The first-order chi connectivity index (χ1) is 10.3. The highest BCUT2D eigenvalue weighted by atomic mass is 16.4. The van der Waals surface area contributed by atoms with Gasteiger partial charge in [-0.15, -0.1) is 0 Å². The summed E-state index contributed by atoms with van der Waals surface area (Å²) < 4.78 is 0. The van der Waals surface area contributed by atoms with E-state index in [0.717, 1.165) is 5.56 Å². The molecule has 3 nitrogen and oxygen atoms in total. The molecule has 2 rings (SSSR count). The van der Waals surface area contributed by atoms with Crippen molar-refractivity contribution >= 4 is 11.8 Å². The van der Waals surface area contributed by atoms with Gasteiger partial charge in [0, 0.05) is 11.8 Å². The molecule has 0 spiro atoms. The van der Waals surface area contributed by atoms with Crippen LogP contribution in [0.3, 0.4) is 0 Å². The van der Waals surface area contributed by atoms with Crippen LogP contribution in [0, 0.1) is 32.6 Å². The third kappa shape index (κ3) is 3.40. The lowest BCUT2D eigenvalue weighted by Crippen LogP contribution is -2.28. The van der Waals surface area contributed by atoms with Crippen molar-refractivity contribution in [2.45, 2.75) is 59.3 Å². The van der Waals surface area contributed by atoms with Crippen LogP contribution in [0.4, 0.5) is 0 Å². The highest BCUT2D eigenvalue weighted by Gasteiger charge is 2.32. The number of carboxylic acids is 1. The largest absolute Gasteiger partial charge is 0.481 e. The normalized spacial score (nSPS) is 23.1. The van der Waals surface area contributed by atoms with Gasteiger partial charge in [0.1, 0.15) is 5.78 Å². The Morgan fingerprint density at radius 3 is 1.91 bits per heavy atom. The quantitative estimate of drug-likeness (QED) is 0.908. The Hall–Kier alpha value is -1.64. The number of ketones is 1. The molecule has 0 saturated heterocycles. The van der Waals surface area contributed by atoms with E-state index in [9.17, 15) is 9.59 Å². The minimum Gasteiger partial charge on any atom is -0.481 e. The van der Waals surface area contributed by atoms with Crippen LogP contribution in [0.1, 0.15) is 60.8 Å². The molecule has 1 N–H and O–H groups in total. The summed E-state index contributed by atoms with van der Waals surface area (Å²) in [5.74, 6) is -0.789. The molecule has 1 fully saturated rings. The van der Waals surface area contributed by atoms with E-state index >= 15 is 0 Å². The summed E-state index contributed by atoms with van der Waals surface area (Å²) in [4.78, 5) is 23.8. The monoisotopic (exact) mass is 302 g/mol. The Bertz CT molecular complexity index is 557. The van der Waals surface area contributed by atoms with E-state index in [4.69, 9.17) is 5.11 Å². The molecule has 1 saturated carbocycles. The molecule has 0 bridgehead atoms. The average molecular weight is 302 g/mol. The fraction of sp³-hybridized carbons (Fsp3) is 0.579. The zero-order valence-electron chi connectivity index (χ0n) is 14.0. The van der Waals surface area contributed by atoms with Crippen LogP contribution in [-0.2, 0) is 9.59 Å². The van der Waals surface area contributed by atoms with Crippen LogP contribution in [0.15, 0.2) is 12.1 Å². The maximum Gasteiger partial charge on any atom is 0.306 e. The Morgan fingerprint density at radius 2 is 1.45 bits per heavy atom. The number of aliphatic carboxylic acids is 1. The van der Waals surface area contributed by atoms with Crippen molar-refractivity contribution in [2.24, 2.45) is 11.8 Å². The predicted octanol–water partition coefficient (Wildman–Crippen LogP) is 4.18. The number of rotatable bonds is 4. The minimum atomic E-state index is -0.718. The number of Topliss-reactive ketones (excluding diaryl/α,β-unsaturated/α-hetero) is 1. The molecule has 0 radical (unpaired) electrons. The maximum absolute atomic E-state index is 12.8. The maximum atomic E-state index is 12.8. The summed E-state index contributed by atoms with van der Waals surface area (Å²) in [7, 11) is 0. The van der Waals surface area contributed by atoms with Crippen LogP contribution < -0.4 is 0 Å². The van der Waals surface area contributed by atoms with E-state index in [1.54, 1.807) is 0 Å². The van der Waals surface area contributed by atoms with Crippen LogP contribution in [0.2, 0.25) is 0 Å². The number of carbonyl (C=O) groups is 2. The van der Waals surface area contributed by atoms with Crippen molar-refractivity contribution in [3.05, 3.63) is 34.4 Å². The fourth-order valence-corrected chi connectivity index (χ4v) is 3.99. The summed E-state index contributed by atoms with van der Waals surface area (Å²) >= 11 is 0. The summed E-state index contributed by atoms with van der Waals surface area (Å²) in [6.07, 6.45) is 2.68. The lowest BCUT2D eigenvalue weighted by molar-refractivity contribution is -0.144. The van der Waals surface area contributed by atoms with Gasteiger partial charge < -0.3 is 5.11 Å². The smallest absolute Gasteiger partial charge is 0.306 e. The topological polar surface area (TPSA) is 54.4 Å². The first-order valence-corrected chi connectivity index (χ1v) is 8.15. The van der Waals surface area contributed by atoms with E-state index in [1.807, 2.05) is 6.92 Å². The number of carboxylic acid groups (broad SMARTS) is 1. The van der Waals surface area contributed by atoms with Crippen LogP contribution in [0.25, 0.3) is 0 Å². The Labute approximate surface area is 132 Å². The lowest BCUT2D eigenvalue weighted by Gasteiger charge is -2.28.